The van der Waals surface area contributed by atoms with Crippen molar-refractivity contribution in [2.75, 3.05) is 26.3 Å². The summed E-state index contributed by atoms with van der Waals surface area (Å²) >= 11 is 0. The van der Waals surface area contributed by atoms with E-state index in [9.17, 15) is 4.79 Å². The number of likely N-dealkylation sites (tertiary alicyclic amines) is 1. The van der Waals surface area contributed by atoms with Gasteiger partial charge < -0.3 is 10.5 Å². The highest BCUT2D eigenvalue weighted by Crippen LogP contribution is 2.23. The number of carbonyl (C=O) groups excluding carboxylic acids is 1. The monoisotopic (exact) mass is 198 g/mol. The molecule has 0 bridgehead atoms. The fourth-order valence-electron chi connectivity index (χ4n) is 2.24. The van der Waals surface area contributed by atoms with Gasteiger partial charge in [-0.05, 0) is 25.2 Å². The van der Waals surface area contributed by atoms with E-state index >= 15 is 0 Å². The Labute approximate surface area is 84.4 Å². The molecule has 2 N–H and O–H groups in total. The van der Waals surface area contributed by atoms with Crippen molar-refractivity contribution in [1.82, 2.24) is 4.90 Å². The Bertz CT molecular complexity index is 214. The maximum absolute atomic E-state index is 11.0. The van der Waals surface area contributed by atoms with Crippen molar-refractivity contribution in [2.45, 2.75) is 25.3 Å². The topological polar surface area (TPSA) is 55.6 Å². The molecule has 2 fully saturated rings. The van der Waals surface area contributed by atoms with Gasteiger partial charge in [-0.15, -0.1) is 0 Å². The van der Waals surface area contributed by atoms with Crippen molar-refractivity contribution in [1.29, 1.82) is 0 Å². The van der Waals surface area contributed by atoms with Gasteiger partial charge in [0.2, 0.25) is 5.91 Å². The van der Waals surface area contributed by atoms with E-state index in [1.54, 1.807) is 0 Å². The Morgan fingerprint density at radius 3 is 2.57 bits per heavy atom. The lowest BCUT2D eigenvalue weighted by atomic mass is 9.95. The van der Waals surface area contributed by atoms with Crippen molar-refractivity contribution in [3.05, 3.63) is 0 Å². The summed E-state index contributed by atoms with van der Waals surface area (Å²) in [6, 6.07) is 0.0119. The number of carbonyl (C=O) groups is 1. The van der Waals surface area contributed by atoms with Crippen LogP contribution in [0.2, 0.25) is 0 Å². The van der Waals surface area contributed by atoms with Gasteiger partial charge in [-0.1, -0.05) is 0 Å². The van der Waals surface area contributed by atoms with E-state index in [1.807, 2.05) is 0 Å². The molecule has 14 heavy (non-hydrogen) atoms. The molecular weight excluding hydrogens is 180 g/mol. The maximum atomic E-state index is 11.0. The molecule has 0 saturated carbocycles. The number of nitrogens with zero attached hydrogens (tertiary/aromatic N) is 1. The van der Waals surface area contributed by atoms with E-state index in [0.29, 0.717) is 5.92 Å². The molecule has 0 aromatic rings. The number of hydrogen-bond donors (Lipinski definition) is 1. The van der Waals surface area contributed by atoms with Gasteiger partial charge in [-0.25, -0.2) is 0 Å². The molecule has 0 unspecified atom stereocenters. The van der Waals surface area contributed by atoms with Crippen LogP contribution in [0.3, 0.4) is 0 Å². The van der Waals surface area contributed by atoms with Crippen LogP contribution < -0.4 is 5.73 Å². The predicted octanol–water partition coefficient (Wildman–Crippen LogP) is -0.0274. The number of amides is 1. The molecule has 80 valence electrons. The summed E-state index contributed by atoms with van der Waals surface area (Å²) in [6.45, 7) is 3.81. The largest absolute Gasteiger partial charge is 0.381 e. The van der Waals surface area contributed by atoms with Crippen molar-refractivity contribution in [2.24, 2.45) is 11.7 Å². The van der Waals surface area contributed by atoms with E-state index in [0.717, 1.165) is 45.6 Å². The third kappa shape index (κ3) is 2.07. The highest BCUT2D eigenvalue weighted by molar-refractivity contribution is 5.80. The van der Waals surface area contributed by atoms with Gasteiger partial charge in [0.1, 0.15) is 0 Å². The lowest BCUT2D eigenvalue weighted by Gasteiger charge is -2.41. The molecule has 1 amide bonds. The third-order valence-electron chi connectivity index (χ3n) is 3.29. The van der Waals surface area contributed by atoms with Crippen LogP contribution in [0.5, 0.6) is 0 Å². The minimum absolute atomic E-state index is 0.0119. The quantitative estimate of drug-likeness (QED) is 0.693. The number of ether oxygens (including phenoxy) is 1. The molecule has 0 spiro atoms. The van der Waals surface area contributed by atoms with Crippen LogP contribution in [0.25, 0.3) is 0 Å². The van der Waals surface area contributed by atoms with E-state index in [2.05, 4.69) is 4.90 Å². The van der Waals surface area contributed by atoms with Gasteiger partial charge in [0, 0.05) is 26.3 Å². The second kappa shape index (κ2) is 4.28. The molecule has 0 aromatic heterocycles. The zero-order valence-corrected chi connectivity index (χ0v) is 8.45. The zero-order chi connectivity index (χ0) is 9.97. The number of primary amides is 1. The summed E-state index contributed by atoms with van der Waals surface area (Å²) < 4.78 is 5.30. The molecule has 4 heteroatoms. The van der Waals surface area contributed by atoms with Crippen molar-refractivity contribution in [3.63, 3.8) is 0 Å². The molecular formula is C10H18N2O2. The molecule has 0 aliphatic carbocycles. The smallest absolute Gasteiger partial charge is 0.234 e. The predicted molar refractivity (Wildman–Crippen MR) is 52.7 cm³/mol. The Morgan fingerprint density at radius 2 is 2.07 bits per heavy atom. The van der Waals surface area contributed by atoms with Crippen molar-refractivity contribution >= 4 is 5.91 Å². The Morgan fingerprint density at radius 1 is 1.36 bits per heavy atom. The normalized spacial score (nSPS) is 29.9. The molecule has 2 rings (SSSR count). The first-order chi connectivity index (χ1) is 6.77. The molecule has 2 aliphatic rings. The van der Waals surface area contributed by atoms with Crippen LogP contribution in [-0.4, -0.2) is 43.2 Å². The van der Waals surface area contributed by atoms with E-state index < -0.39 is 0 Å². The summed E-state index contributed by atoms with van der Waals surface area (Å²) in [5.74, 6) is 0.536. The Balaban J connectivity index is 1.76. The Hall–Kier alpha value is -0.610. The highest BCUT2D eigenvalue weighted by Gasteiger charge is 2.33. The zero-order valence-electron chi connectivity index (χ0n) is 8.45. The average Bonchev–Trinajstić information content (AvgIpc) is 2.13. The van der Waals surface area contributed by atoms with Crippen LogP contribution in [0.4, 0.5) is 0 Å². The standard InChI is InChI=1S/C10H18N2O2/c11-10(13)9-1-4-12(9)7-8-2-5-14-6-3-8/h8-9H,1-7H2,(H2,11,13)/t9-/m0/s1. The molecule has 0 radical (unpaired) electrons. The summed E-state index contributed by atoms with van der Waals surface area (Å²) in [5.41, 5.74) is 5.29. The Kier molecular flexibility index (Phi) is 3.03. The second-order valence-electron chi connectivity index (χ2n) is 4.26. The first-order valence-corrected chi connectivity index (χ1v) is 5.38. The second-order valence-corrected chi connectivity index (χ2v) is 4.26. The van der Waals surface area contributed by atoms with E-state index in [1.165, 1.54) is 0 Å². The van der Waals surface area contributed by atoms with Crippen LogP contribution >= 0.6 is 0 Å². The summed E-state index contributed by atoms with van der Waals surface area (Å²) in [5, 5.41) is 0. The lowest BCUT2D eigenvalue weighted by molar-refractivity contribution is -0.128. The van der Waals surface area contributed by atoms with Crippen molar-refractivity contribution < 1.29 is 9.53 Å². The highest BCUT2D eigenvalue weighted by atomic mass is 16.5. The van der Waals surface area contributed by atoms with E-state index in [4.69, 9.17) is 10.5 Å². The minimum Gasteiger partial charge on any atom is -0.381 e. The SMILES string of the molecule is NC(=O)[C@@H]1CCN1CC1CCOCC1. The van der Waals surface area contributed by atoms with E-state index in [-0.39, 0.29) is 11.9 Å². The fraction of sp³-hybridized carbons (Fsp3) is 0.900. The van der Waals surface area contributed by atoms with Gasteiger partial charge in [0.15, 0.2) is 0 Å². The molecule has 2 aliphatic heterocycles. The number of nitrogens with two attached hydrogens (primary N) is 1. The summed E-state index contributed by atoms with van der Waals surface area (Å²) in [7, 11) is 0. The number of rotatable bonds is 3. The van der Waals surface area contributed by atoms with Gasteiger partial charge >= 0.3 is 0 Å². The van der Waals surface area contributed by atoms with Crippen LogP contribution in [-0.2, 0) is 9.53 Å². The first-order valence-electron chi connectivity index (χ1n) is 5.38. The first kappa shape index (κ1) is 9.93. The third-order valence-corrected chi connectivity index (χ3v) is 3.29. The molecule has 0 aromatic carbocycles. The molecule has 1 atom stereocenters. The summed E-state index contributed by atoms with van der Waals surface area (Å²) in [4.78, 5) is 13.2. The average molecular weight is 198 g/mol. The van der Waals surface area contributed by atoms with Gasteiger partial charge in [-0.3, -0.25) is 9.69 Å². The fourth-order valence-corrected chi connectivity index (χ4v) is 2.24. The maximum Gasteiger partial charge on any atom is 0.234 e. The lowest BCUT2D eigenvalue weighted by Crippen LogP contribution is -2.56. The van der Waals surface area contributed by atoms with Gasteiger partial charge in [0.05, 0.1) is 6.04 Å². The van der Waals surface area contributed by atoms with Crippen LogP contribution in [0.1, 0.15) is 19.3 Å². The van der Waals surface area contributed by atoms with Gasteiger partial charge in [-0.2, -0.15) is 0 Å². The summed E-state index contributed by atoms with van der Waals surface area (Å²) in [6.07, 6.45) is 3.20. The van der Waals surface area contributed by atoms with Gasteiger partial charge in [0.25, 0.3) is 0 Å². The molecule has 4 nitrogen and oxygen atoms in total. The molecule has 2 saturated heterocycles. The number of hydrogen-bond acceptors (Lipinski definition) is 3. The van der Waals surface area contributed by atoms with Crippen molar-refractivity contribution in [3.8, 4) is 0 Å². The minimum atomic E-state index is -0.164. The molecule has 2 heterocycles. The van der Waals surface area contributed by atoms with Crippen LogP contribution in [0.15, 0.2) is 0 Å². The van der Waals surface area contributed by atoms with Crippen LogP contribution in [0, 0.1) is 5.92 Å².